The Bertz CT molecular complexity index is 903. The van der Waals surface area contributed by atoms with Crippen LogP contribution in [0, 0.1) is 18.3 Å². The van der Waals surface area contributed by atoms with Crippen LogP contribution < -0.4 is 5.73 Å². The van der Waals surface area contributed by atoms with Crippen LogP contribution in [0.15, 0.2) is 53.4 Å². The van der Waals surface area contributed by atoms with Crippen LogP contribution in [0.1, 0.15) is 17.0 Å². The van der Waals surface area contributed by atoms with Gasteiger partial charge in [0, 0.05) is 10.9 Å². The lowest BCUT2D eigenvalue weighted by Gasteiger charge is -2.05. The van der Waals surface area contributed by atoms with E-state index < -0.39 is 26.5 Å². The Balaban J connectivity index is 2.05. The number of halogens is 1. The van der Waals surface area contributed by atoms with Crippen molar-refractivity contribution >= 4 is 21.4 Å². The predicted molar refractivity (Wildman–Crippen MR) is 88.9 cm³/mol. The lowest BCUT2D eigenvalue weighted by atomic mass is 10.1. The van der Waals surface area contributed by atoms with Crippen molar-refractivity contribution in [3.8, 4) is 6.07 Å². The van der Waals surface area contributed by atoms with Gasteiger partial charge in [0.1, 0.15) is 10.8 Å². The van der Waals surface area contributed by atoms with Crippen molar-refractivity contribution in [2.24, 2.45) is 5.73 Å². The van der Waals surface area contributed by atoms with Crippen LogP contribution >= 0.6 is 11.6 Å². The molecule has 0 aliphatic heterocycles. The van der Waals surface area contributed by atoms with Gasteiger partial charge in [-0.1, -0.05) is 41.4 Å². The first-order chi connectivity index (χ1) is 10.8. The summed E-state index contributed by atoms with van der Waals surface area (Å²) in [6.07, 6.45) is 0. The molecule has 0 saturated heterocycles. The van der Waals surface area contributed by atoms with E-state index in [4.69, 9.17) is 17.3 Å². The van der Waals surface area contributed by atoms with Crippen molar-refractivity contribution in [2.75, 3.05) is 0 Å². The zero-order valence-corrected chi connectivity index (χ0v) is 14.0. The van der Waals surface area contributed by atoms with Crippen LogP contribution in [0.5, 0.6) is 0 Å². The first kappa shape index (κ1) is 16.0. The van der Waals surface area contributed by atoms with Crippen molar-refractivity contribution in [1.29, 1.82) is 5.26 Å². The maximum absolute atomic E-state index is 12.9. The van der Waals surface area contributed by atoms with E-state index in [-0.39, 0.29) is 4.90 Å². The van der Waals surface area contributed by atoms with E-state index >= 15 is 0 Å². The molecular formula is C17H15ClN2O2S. The minimum Gasteiger partial charge on any atom is -0.312 e. The van der Waals surface area contributed by atoms with Crippen LogP contribution in [0.4, 0.5) is 0 Å². The molecule has 0 spiro atoms. The second-order valence-corrected chi connectivity index (χ2v) is 8.36. The lowest BCUT2D eigenvalue weighted by molar-refractivity contribution is 0.592. The van der Waals surface area contributed by atoms with E-state index in [2.05, 4.69) is 0 Å². The summed E-state index contributed by atoms with van der Waals surface area (Å²) >= 11 is 5.98. The number of nitrogens with zero attached hydrogens (tertiary/aromatic N) is 1. The minimum atomic E-state index is -3.70. The fourth-order valence-corrected chi connectivity index (χ4v) is 5.35. The van der Waals surface area contributed by atoms with Crippen molar-refractivity contribution < 1.29 is 8.42 Å². The van der Waals surface area contributed by atoms with Gasteiger partial charge in [-0.2, -0.15) is 5.26 Å². The van der Waals surface area contributed by atoms with E-state index in [1.807, 2.05) is 13.0 Å². The molecule has 1 saturated carbocycles. The third-order valence-corrected chi connectivity index (χ3v) is 6.76. The van der Waals surface area contributed by atoms with E-state index in [0.29, 0.717) is 10.6 Å². The zero-order valence-electron chi connectivity index (χ0n) is 12.4. The maximum atomic E-state index is 12.9. The van der Waals surface area contributed by atoms with Gasteiger partial charge in [-0.05, 0) is 36.8 Å². The summed E-state index contributed by atoms with van der Waals surface area (Å²) in [5.41, 5.74) is 6.28. The molecule has 3 rings (SSSR count). The second kappa shape index (κ2) is 5.34. The lowest BCUT2D eigenvalue weighted by Crippen LogP contribution is -2.29. The normalized spacial score (nSPS) is 26.5. The molecule has 2 aromatic rings. The largest absolute Gasteiger partial charge is 0.312 e. The highest BCUT2D eigenvalue weighted by Crippen LogP contribution is 2.55. The van der Waals surface area contributed by atoms with Crippen LogP contribution in [0.25, 0.3) is 0 Å². The number of benzene rings is 2. The van der Waals surface area contributed by atoms with Gasteiger partial charge in [0.25, 0.3) is 0 Å². The summed E-state index contributed by atoms with van der Waals surface area (Å²) < 4.78 is 25.8. The Morgan fingerprint density at radius 1 is 1.22 bits per heavy atom. The molecule has 0 unspecified atom stereocenters. The first-order valence-corrected chi connectivity index (χ1v) is 8.99. The smallest absolute Gasteiger partial charge is 0.184 e. The molecule has 1 aliphatic carbocycles. The van der Waals surface area contributed by atoms with E-state index in [9.17, 15) is 13.7 Å². The molecule has 2 N–H and O–H groups in total. The van der Waals surface area contributed by atoms with Gasteiger partial charge in [-0.25, -0.2) is 8.42 Å². The van der Waals surface area contributed by atoms with Gasteiger partial charge in [-0.3, -0.25) is 0 Å². The zero-order chi connectivity index (χ0) is 16.8. The molecule has 1 fully saturated rings. The quantitative estimate of drug-likeness (QED) is 0.926. The molecule has 1 aliphatic rings. The number of aryl methyl sites for hydroxylation is 1. The molecule has 0 aromatic heterocycles. The van der Waals surface area contributed by atoms with Crippen LogP contribution in [0.2, 0.25) is 5.02 Å². The van der Waals surface area contributed by atoms with Crippen LogP contribution in [-0.4, -0.2) is 19.2 Å². The summed E-state index contributed by atoms with van der Waals surface area (Å²) in [6.45, 7) is 1.88. The maximum Gasteiger partial charge on any atom is 0.184 e. The number of nitriles is 1. The molecule has 0 amide bonds. The molecule has 23 heavy (non-hydrogen) atoms. The highest BCUT2D eigenvalue weighted by Gasteiger charge is 2.70. The highest BCUT2D eigenvalue weighted by atomic mass is 35.5. The fraction of sp³-hybridized carbons (Fsp3) is 0.235. The number of sulfone groups is 1. The third kappa shape index (κ3) is 2.53. The Morgan fingerprint density at radius 3 is 2.43 bits per heavy atom. The van der Waals surface area contributed by atoms with E-state index in [1.165, 1.54) is 0 Å². The highest BCUT2D eigenvalue weighted by molar-refractivity contribution is 7.92. The minimum absolute atomic E-state index is 0.183. The molecule has 0 bridgehead atoms. The summed E-state index contributed by atoms with van der Waals surface area (Å²) in [4.78, 5) is 0.183. The van der Waals surface area contributed by atoms with Crippen molar-refractivity contribution in [2.45, 2.75) is 28.5 Å². The standard InChI is InChI=1S/C17H15ClN2O2S/c1-11-5-7-14(8-6-11)23(21,22)16-15(17(16,20)10-19)12-3-2-4-13(18)9-12/h2-9,15-16H,20H2,1H3/t15-,16+,17-/m0/s1. The van der Waals surface area contributed by atoms with Crippen molar-refractivity contribution in [3.63, 3.8) is 0 Å². The monoisotopic (exact) mass is 346 g/mol. The van der Waals surface area contributed by atoms with Gasteiger partial charge >= 0.3 is 0 Å². The average Bonchev–Trinajstić information content (AvgIpc) is 3.15. The summed E-state index contributed by atoms with van der Waals surface area (Å²) in [6, 6.07) is 15.4. The molecule has 4 nitrogen and oxygen atoms in total. The average molecular weight is 347 g/mol. The van der Waals surface area contributed by atoms with E-state index in [1.54, 1.807) is 48.5 Å². The molecule has 2 aromatic carbocycles. The first-order valence-electron chi connectivity index (χ1n) is 7.07. The number of rotatable bonds is 3. The molecule has 118 valence electrons. The SMILES string of the molecule is Cc1ccc(S(=O)(=O)[C@@H]2[C@H](c3cccc(Cl)c3)[C@@]2(N)C#N)cc1. The van der Waals surface area contributed by atoms with E-state index in [0.717, 1.165) is 5.56 Å². The third-order valence-electron chi connectivity index (χ3n) is 4.26. The van der Waals surface area contributed by atoms with Gasteiger partial charge < -0.3 is 5.73 Å². The Labute approximate surface area is 140 Å². The number of hydrogen-bond donors (Lipinski definition) is 1. The molecule has 0 radical (unpaired) electrons. The Kier molecular flexibility index (Phi) is 3.72. The number of nitrogens with two attached hydrogens (primary N) is 1. The fourth-order valence-electron chi connectivity index (χ4n) is 2.97. The Morgan fingerprint density at radius 2 is 1.87 bits per heavy atom. The van der Waals surface area contributed by atoms with Gasteiger partial charge in [0.05, 0.1) is 11.0 Å². The Hall–Kier alpha value is -1.87. The van der Waals surface area contributed by atoms with Crippen molar-refractivity contribution in [1.82, 2.24) is 0 Å². The molecule has 6 heteroatoms. The summed E-state index contributed by atoms with van der Waals surface area (Å²) in [7, 11) is -3.70. The van der Waals surface area contributed by atoms with Crippen LogP contribution in [0.3, 0.4) is 0 Å². The topological polar surface area (TPSA) is 83.9 Å². The van der Waals surface area contributed by atoms with Crippen molar-refractivity contribution in [3.05, 3.63) is 64.7 Å². The van der Waals surface area contributed by atoms with Gasteiger partial charge in [-0.15, -0.1) is 0 Å². The number of hydrogen-bond acceptors (Lipinski definition) is 4. The second-order valence-electron chi connectivity index (χ2n) is 5.86. The predicted octanol–water partition coefficient (Wildman–Crippen LogP) is 2.81. The van der Waals surface area contributed by atoms with Crippen LogP contribution in [-0.2, 0) is 9.84 Å². The molecule has 3 atom stereocenters. The summed E-state index contributed by atoms with van der Waals surface area (Å²) in [5.74, 6) is -0.586. The summed E-state index contributed by atoms with van der Waals surface area (Å²) in [5, 5.41) is 8.93. The molecule has 0 heterocycles. The van der Waals surface area contributed by atoms with Gasteiger partial charge in [0.15, 0.2) is 9.84 Å². The molecular weight excluding hydrogens is 332 g/mol. The van der Waals surface area contributed by atoms with Gasteiger partial charge in [0.2, 0.25) is 0 Å².